The third kappa shape index (κ3) is 8.01. The van der Waals surface area contributed by atoms with E-state index in [1.807, 2.05) is 42.5 Å². The highest BCUT2D eigenvalue weighted by Gasteiger charge is 2.29. The summed E-state index contributed by atoms with van der Waals surface area (Å²) in [5.41, 5.74) is 14.0. The van der Waals surface area contributed by atoms with Crippen LogP contribution in [-0.4, -0.2) is 65.6 Å². The summed E-state index contributed by atoms with van der Waals surface area (Å²) < 4.78 is 63.3. The number of carbonyl (C=O) groups is 1. The number of pyridine rings is 2. The van der Waals surface area contributed by atoms with Gasteiger partial charge in [0.05, 0.1) is 42.3 Å². The van der Waals surface area contributed by atoms with Crippen LogP contribution >= 0.6 is 0 Å². The topological polar surface area (TPSA) is 241 Å². The van der Waals surface area contributed by atoms with E-state index in [1.54, 1.807) is 0 Å². The molecule has 4 aromatic heterocycles. The van der Waals surface area contributed by atoms with Crippen LogP contribution in [0.5, 0.6) is 11.8 Å². The van der Waals surface area contributed by atoms with Gasteiger partial charge in [0.2, 0.25) is 21.8 Å². The summed E-state index contributed by atoms with van der Waals surface area (Å²) in [5, 5.41) is 17.5. The van der Waals surface area contributed by atoms with Gasteiger partial charge in [-0.05, 0) is 74.6 Å². The molecule has 6 N–H and O–H groups in total. The first-order valence-electron chi connectivity index (χ1n) is 19.3. The molecule has 2 aromatic carbocycles. The van der Waals surface area contributed by atoms with Gasteiger partial charge in [0.15, 0.2) is 9.79 Å². The van der Waals surface area contributed by atoms with Gasteiger partial charge < -0.3 is 20.5 Å². The molecule has 2 aliphatic heterocycles. The van der Waals surface area contributed by atoms with Gasteiger partial charge >= 0.3 is 6.03 Å². The van der Waals surface area contributed by atoms with Gasteiger partial charge in [-0.25, -0.2) is 40.9 Å². The maximum Gasteiger partial charge on any atom is 0.333 e. The molecule has 304 valence electrons. The standard InChI is InChI=1S/C20H21N5O4S.C13H14N2.C6H9N3O3S/c26-20(24-30(27,28)17-12-21-25-10-5-11-29-19(17)25)23-18-13-6-1-3-8-15(13)22-16-9-4-2-7-14(16)18;14-13-9-5-1-3-7-11(9)15-12-8-4-2-6-10(12)13;7-13(10,11)5-4-8-9-2-1-3-12-6(5)9/h1,3,6,8,12H,2,4-5,7,9-11H2,(H2,22,23,24,26);1,3,5,7H,2,4,6,8H2,(H2,14,15);4H,1-3H2,(H2,7,10,11). The van der Waals surface area contributed by atoms with Crippen molar-refractivity contribution < 1.29 is 31.1 Å². The molecule has 0 bridgehead atoms. The first-order chi connectivity index (χ1) is 28.0. The number of aryl methyl sites for hydroxylation is 4. The number of rotatable bonds is 4. The number of carbonyl (C=O) groups excluding carboxylic acids is 1. The highest BCUT2D eigenvalue weighted by molar-refractivity contribution is 7.90. The van der Waals surface area contributed by atoms with Crippen molar-refractivity contribution >= 4 is 59.3 Å². The number of ether oxygens (including phenoxy) is 2. The lowest BCUT2D eigenvalue weighted by atomic mass is 9.93. The van der Waals surface area contributed by atoms with Crippen LogP contribution < -0.4 is 30.4 Å². The number of urea groups is 1. The number of nitrogens with two attached hydrogens (primary N) is 2. The minimum Gasteiger partial charge on any atom is -0.477 e. The van der Waals surface area contributed by atoms with Crippen molar-refractivity contribution in [1.29, 1.82) is 0 Å². The Balaban J connectivity index is 0.000000139. The van der Waals surface area contributed by atoms with Crippen molar-refractivity contribution in [2.45, 2.75) is 87.1 Å². The summed E-state index contributed by atoms with van der Waals surface area (Å²) >= 11 is 0. The van der Waals surface area contributed by atoms with Crippen LogP contribution in [0.1, 0.15) is 61.0 Å². The number of para-hydroxylation sites is 2. The molecule has 17 nitrogen and oxygen atoms in total. The minimum atomic E-state index is -4.14. The fraction of sp³-hybridized carbons (Fsp3) is 0.359. The lowest BCUT2D eigenvalue weighted by Gasteiger charge is -2.21. The number of nitrogen functional groups attached to an aromatic ring is 1. The molecule has 2 aliphatic carbocycles. The number of primary sulfonamides is 1. The Morgan fingerprint density at radius 2 is 1.19 bits per heavy atom. The summed E-state index contributed by atoms with van der Waals surface area (Å²) in [6.07, 6.45) is 12.4. The van der Waals surface area contributed by atoms with Gasteiger partial charge in [-0.3, -0.25) is 9.97 Å². The molecule has 0 saturated carbocycles. The highest BCUT2D eigenvalue weighted by Crippen LogP contribution is 2.34. The number of hydrogen-bond donors (Lipinski definition) is 4. The molecular weight excluding hydrogens is 785 g/mol. The monoisotopic (exact) mass is 828 g/mol. The highest BCUT2D eigenvalue weighted by atomic mass is 32.2. The van der Waals surface area contributed by atoms with Crippen molar-refractivity contribution in [3.05, 3.63) is 83.4 Å². The molecule has 0 saturated heterocycles. The first-order valence-corrected chi connectivity index (χ1v) is 22.3. The predicted molar refractivity (Wildman–Crippen MR) is 217 cm³/mol. The van der Waals surface area contributed by atoms with E-state index in [2.05, 4.69) is 26.3 Å². The smallest absolute Gasteiger partial charge is 0.333 e. The normalized spacial score (nSPS) is 15.7. The average molecular weight is 829 g/mol. The van der Waals surface area contributed by atoms with E-state index >= 15 is 0 Å². The molecule has 19 heteroatoms. The van der Waals surface area contributed by atoms with Gasteiger partial charge in [-0.2, -0.15) is 10.2 Å². The summed E-state index contributed by atoms with van der Waals surface area (Å²) in [6.45, 7) is 2.17. The largest absolute Gasteiger partial charge is 0.477 e. The van der Waals surface area contributed by atoms with E-state index in [-0.39, 0.29) is 21.6 Å². The van der Waals surface area contributed by atoms with E-state index in [4.69, 9.17) is 30.3 Å². The number of sulfonamides is 2. The van der Waals surface area contributed by atoms with Crippen LogP contribution in [0.2, 0.25) is 0 Å². The second-order valence-corrected chi connectivity index (χ2v) is 17.6. The molecule has 10 rings (SSSR count). The zero-order chi connectivity index (χ0) is 40.4. The summed E-state index contributed by atoms with van der Waals surface area (Å²) in [5.74, 6) is 0.419. The van der Waals surface area contributed by atoms with E-state index in [1.165, 1.54) is 45.9 Å². The molecule has 4 aliphatic rings. The minimum absolute atomic E-state index is 0.0350. The van der Waals surface area contributed by atoms with Gasteiger partial charge in [-0.1, -0.05) is 36.4 Å². The fourth-order valence-corrected chi connectivity index (χ4v) is 9.30. The Bertz CT molecular complexity index is 2750. The van der Waals surface area contributed by atoms with Crippen molar-refractivity contribution in [2.75, 3.05) is 24.3 Å². The van der Waals surface area contributed by atoms with Crippen LogP contribution in [-0.2, 0) is 58.8 Å². The van der Waals surface area contributed by atoms with E-state index in [0.29, 0.717) is 32.0 Å². The number of nitrogens with zero attached hydrogens (tertiary/aromatic N) is 6. The third-order valence-electron chi connectivity index (χ3n) is 10.5. The van der Waals surface area contributed by atoms with Gasteiger partial charge in [0.25, 0.3) is 10.0 Å². The number of amides is 2. The van der Waals surface area contributed by atoms with Crippen molar-refractivity contribution in [3.63, 3.8) is 0 Å². The van der Waals surface area contributed by atoms with Crippen molar-refractivity contribution in [2.24, 2.45) is 5.14 Å². The molecule has 2 amide bonds. The second kappa shape index (κ2) is 16.2. The van der Waals surface area contributed by atoms with Crippen LogP contribution in [0.4, 0.5) is 16.2 Å². The van der Waals surface area contributed by atoms with Crippen LogP contribution in [0, 0.1) is 0 Å². The second-order valence-electron chi connectivity index (χ2n) is 14.4. The molecule has 6 aromatic rings. The Kier molecular flexibility index (Phi) is 10.9. The summed E-state index contributed by atoms with van der Waals surface area (Å²) in [4.78, 5) is 22.0. The van der Waals surface area contributed by atoms with E-state index < -0.39 is 26.1 Å². The predicted octanol–water partition coefficient (Wildman–Crippen LogP) is 4.61. The van der Waals surface area contributed by atoms with Gasteiger partial charge in [0, 0.05) is 53.8 Å². The average Bonchev–Trinajstić information content (AvgIpc) is 3.87. The summed E-state index contributed by atoms with van der Waals surface area (Å²) in [7, 11) is -7.85. The summed E-state index contributed by atoms with van der Waals surface area (Å²) in [6, 6.07) is 14.9. The molecular formula is C39H44N10O7S2. The number of hydrogen-bond acceptors (Lipinski definition) is 12. The van der Waals surface area contributed by atoms with Crippen LogP contribution in [0.15, 0.2) is 70.7 Å². The molecule has 0 atom stereocenters. The Morgan fingerprint density at radius 1 is 0.672 bits per heavy atom. The van der Waals surface area contributed by atoms with Crippen molar-refractivity contribution in [1.82, 2.24) is 34.3 Å². The zero-order valence-corrected chi connectivity index (χ0v) is 33.3. The Morgan fingerprint density at radius 3 is 1.83 bits per heavy atom. The molecule has 6 heterocycles. The molecule has 0 spiro atoms. The number of nitrogens with one attached hydrogen (secondary N) is 2. The quantitative estimate of drug-likeness (QED) is 0.191. The maximum atomic E-state index is 12.8. The Hall–Kier alpha value is -5.79. The fourth-order valence-electron chi connectivity index (χ4n) is 7.71. The zero-order valence-electron chi connectivity index (χ0n) is 31.7. The SMILES string of the molecule is NS(=O)(=O)c1cnn2c1OCCC2.Nc1c2c(nc3ccccc13)CCCC2.O=C(Nc1c2c(nc3ccccc13)CCCC2)NS(=O)(=O)c1cnn2c1OCCC2. The molecule has 58 heavy (non-hydrogen) atoms. The lowest BCUT2D eigenvalue weighted by Crippen LogP contribution is -2.35. The maximum absolute atomic E-state index is 12.8. The number of fused-ring (bicyclic) bond motifs is 6. The number of aromatic nitrogens is 6. The lowest BCUT2D eigenvalue weighted by molar-refractivity contribution is 0.224. The van der Waals surface area contributed by atoms with E-state index in [9.17, 15) is 21.6 Å². The van der Waals surface area contributed by atoms with Crippen LogP contribution in [0.25, 0.3) is 21.8 Å². The molecule has 0 fully saturated rings. The Labute approximate surface area is 335 Å². The molecule has 0 unspecified atom stereocenters. The van der Waals surface area contributed by atoms with Crippen LogP contribution in [0.3, 0.4) is 0 Å². The van der Waals surface area contributed by atoms with Gasteiger partial charge in [-0.15, -0.1) is 0 Å². The van der Waals surface area contributed by atoms with Gasteiger partial charge in [0.1, 0.15) is 0 Å². The number of benzene rings is 2. The van der Waals surface area contributed by atoms with Crippen molar-refractivity contribution in [3.8, 4) is 11.8 Å². The number of anilines is 2. The molecule has 0 radical (unpaired) electrons. The third-order valence-corrected chi connectivity index (χ3v) is 12.7. The van der Waals surface area contributed by atoms with E-state index in [0.717, 1.165) is 90.1 Å². The first kappa shape index (κ1) is 39.1.